The zero-order chi connectivity index (χ0) is 13.0. The van der Waals surface area contributed by atoms with Crippen molar-refractivity contribution in [2.24, 2.45) is 5.10 Å². The summed E-state index contributed by atoms with van der Waals surface area (Å²) in [7, 11) is 0. The summed E-state index contributed by atoms with van der Waals surface area (Å²) in [6, 6.07) is 10.1. The van der Waals surface area contributed by atoms with Gasteiger partial charge in [0.1, 0.15) is 17.5 Å². The Hall–Kier alpha value is -2.30. The SMILES string of the molecule is Fc1cc(F)c(C=NNc2ccccc2)c(F)c1. The topological polar surface area (TPSA) is 24.4 Å². The maximum Gasteiger partial charge on any atom is 0.137 e. The molecule has 0 saturated heterocycles. The van der Waals surface area contributed by atoms with Crippen LogP contribution in [0.3, 0.4) is 0 Å². The summed E-state index contributed by atoms with van der Waals surface area (Å²) in [6.07, 6.45) is 0.969. The van der Waals surface area contributed by atoms with Crippen molar-refractivity contribution in [3.8, 4) is 0 Å². The Labute approximate surface area is 102 Å². The van der Waals surface area contributed by atoms with Gasteiger partial charge in [-0.25, -0.2) is 13.2 Å². The zero-order valence-electron chi connectivity index (χ0n) is 9.20. The molecule has 0 saturated carbocycles. The number of hydrazone groups is 1. The number of anilines is 1. The fourth-order valence-corrected chi connectivity index (χ4v) is 1.36. The summed E-state index contributed by atoms with van der Waals surface area (Å²) in [5.74, 6) is -2.95. The van der Waals surface area contributed by atoms with Gasteiger partial charge < -0.3 is 0 Å². The van der Waals surface area contributed by atoms with E-state index in [0.29, 0.717) is 17.8 Å². The van der Waals surface area contributed by atoms with Crippen molar-refractivity contribution in [1.82, 2.24) is 0 Å². The average molecular weight is 250 g/mol. The largest absolute Gasteiger partial charge is 0.279 e. The molecule has 0 heterocycles. The molecule has 0 atom stereocenters. The minimum atomic E-state index is -0.994. The second kappa shape index (κ2) is 5.35. The Morgan fingerprint density at radius 1 is 0.944 bits per heavy atom. The van der Waals surface area contributed by atoms with Crippen molar-refractivity contribution in [3.05, 3.63) is 65.5 Å². The van der Waals surface area contributed by atoms with Gasteiger partial charge in [-0.15, -0.1) is 0 Å². The molecule has 0 aliphatic rings. The summed E-state index contributed by atoms with van der Waals surface area (Å²) < 4.78 is 39.1. The molecule has 0 aromatic heterocycles. The van der Waals surface area contributed by atoms with Crippen LogP contribution in [-0.2, 0) is 0 Å². The Bertz CT molecular complexity index is 545. The zero-order valence-corrected chi connectivity index (χ0v) is 9.20. The predicted octanol–water partition coefficient (Wildman–Crippen LogP) is 3.55. The van der Waals surface area contributed by atoms with Gasteiger partial charge in [-0.2, -0.15) is 5.10 Å². The summed E-state index contributed by atoms with van der Waals surface area (Å²) >= 11 is 0. The molecule has 0 bridgehead atoms. The maximum atomic E-state index is 13.2. The second-order valence-electron chi connectivity index (χ2n) is 3.52. The lowest BCUT2D eigenvalue weighted by Crippen LogP contribution is -1.98. The maximum absolute atomic E-state index is 13.2. The highest BCUT2D eigenvalue weighted by Gasteiger charge is 2.08. The van der Waals surface area contributed by atoms with Crippen molar-refractivity contribution in [2.45, 2.75) is 0 Å². The molecule has 0 fully saturated rings. The van der Waals surface area contributed by atoms with E-state index in [-0.39, 0.29) is 5.56 Å². The fraction of sp³-hybridized carbons (Fsp3) is 0. The molecule has 1 N–H and O–H groups in total. The van der Waals surface area contributed by atoms with E-state index in [1.165, 1.54) is 0 Å². The third kappa shape index (κ3) is 2.88. The monoisotopic (exact) mass is 250 g/mol. The first kappa shape index (κ1) is 12.2. The Morgan fingerprint density at radius 2 is 1.56 bits per heavy atom. The number of benzene rings is 2. The molecule has 0 radical (unpaired) electrons. The van der Waals surface area contributed by atoms with Crippen LogP contribution in [0.25, 0.3) is 0 Å². The van der Waals surface area contributed by atoms with Crippen molar-refractivity contribution in [1.29, 1.82) is 0 Å². The molecule has 0 aliphatic heterocycles. The van der Waals surface area contributed by atoms with Gasteiger partial charge in [0.25, 0.3) is 0 Å². The van der Waals surface area contributed by atoms with Crippen LogP contribution >= 0.6 is 0 Å². The highest BCUT2D eigenvalue weighted by Crippen LogP contribution is 2.13. The van der Waals surface area contributed by atoms with Gasteiger partial charge in [0.05, 0.1) is 17.5 Å². The highest BCUT2D eigenvalue weighted by molar-refractivity contribution is 5.80. The van der Waals surface area contributed by atoms with Gasteiger partial charge >= 0.3 is 0 Å². The lowest BCUT2D eigenvalue weighted by Gasteiger charge is -2.01. The van der Waals surface area contributed by atoms with E-state index in [0.717, 1.165) is 6.21 Å². The summed E-state index contributed by atoms with van der Waals surface area (Å²) in [5, 5.41) is 3.69. The minimum Gasteiger partial charge on any atom is -0.279 e. The lowest BCUT2D eigenvalue weighted by molar-refractivity contribution is 0.541. The number of rotatable bonds is 3. The highest BCUT2D eigenvalue weighted by atomic mass is 19.1. The van der Waals surface area contributed by atoms with E-state index in [1.807, 2.05) is 6.07 Å². The Balaban J connectivity index is 2.15. The van der Waals surface area contributed by atoms with Crippen LogP contribution in [0, 0.1) is 17.5 Å². The third-order valence-electron chi connectivity index (χ3n) is 2.20. The minimum absolute atomic E-state index is 0.389. The van der Waals surface area contributed by atoms with Crippen LogP contribution in [0.2, 0.25) is 0 Å². The Kier molecular flexibility index (Phi) is 3.62. The van der Waals surface area contributed by atoms with Crippen LogP contribution in [0.15, 0.2) is 47.6 Å². The molecule has 18 heavy (non-hydrogen) atoms. The van der Waals surface area contributed by atoms with Gasteiger partial charge in [0.15, 0.2) is 0 Å². The van der Waals surface area contributed by atoms with Crippen LogP contribution in [0.5, 0.6) is 0 Å². The number of hydrogen-bond acceptors (Lipinski definition) is 2. The summed E-state index contributed by atoms with van der Waals surface area (Å²) in [4.78, 5) is 0. The van der Waals surface area contributed by atoms with Crippen LogP contribution < -0.4 is 5.43 Å². The van der Waals surface area contributed by atoms with E-state index in [9.17, 15) is 13.2 Å². The van der Waals surface area contributed by atoms with Crippen molar-refractivity contribution >= 4 is 11.9 Å². The molecule has 0 unspecified atom stereocenters. The number of para-hydroxylation sites is 1. The number of halogens is 3. The number of nitrogens with zero attached hydrogens (tertiary/aromatic N) is 1. The lowest BCUT2D eigenvalue weighted by atomic mass is 10.2. The quantitative estimate of drug-likeness (QED) is 0.653. The summed E-state index contributed by atoms with van der Waals surface area (Å²) in [6.45, 7) is 0. The first-order chi connectivity index (χ1) is 8.66. The first-order valence-corrected chi connectivity index (χ1v) is 5.15. The molecule has 2 aromatic rings. The first-order valence-electron chi connectivity index (χ1n) is 5.15. The van der Waals surface area contributed by atoms with E-state index >= 15 is 0 Å². The molecular weight excluding hydrogens is 241 g/mol. The van der Waals surface area contributed by atoms with E-state index in [1.54, 1.807) is 24.3 Å². The average Bonchev–Trinajstić information content (AvgIpc) is 2.34. The fourth-order valence-electron chi connectivity index (χ4n) is 1.36. The van der Waals surface area contributed by atoms with Gasteiger partial charge in [0.2, 0.25) is 0 Å². The second-order valence-corrected chi connectivity index (χ2v) is 3.52. The molecular formula is C13H9F3N2. The van der Waals surface area contributed by atoms with Gasteiger partial charge in [0, 0.05) is 12.1 Å². The van der Waals surface area contributed by atoms with Crippen molar-refractivity contribution in [2.75, 3.05) is 5.43 Å². The van der Waals surface area contributed by atoms with Crippen molar-refractivity contribution in [3.63, 3.8) is 0 Å². The van der Waals surface area contributed by atoms with Gasteiger partial charge in [-0.1, -0.05) is 18.2 Å². The molecule has 92 valence electrons. The predicted molar refractivity (Wildman–Crippen MR) is 64.0 cm³/mol. The molecule has 0 spiro atoms. The molecule has 2 nitrogen and oxygen atoms in total. The molecule has 2 rings (SSSR count). The third-order valence-corrected chi connectivity index (χ3v) is 2.20. The van der Waals surface area contributed by atoms with Gasteiger partial charge in [-0.3, -0.25) is 5.43 Å². The molecule has 0 amide bonds. The van der Waals surface area contributed by atoms with Crippen LogP contribution in [-0.4, -0.2) is 6.21 Å². The van der Waals surface area contributed by atoms with Crippen LogP contribution in [0.1, 0.15) is 5.56 Å². The van der Waals surface area contributed by atoms with E-state index < -0.39 is 17.5 Å². The Morgan fingerprint density at radius 3 is 2.17 bits per heavy atom. The summed E-state index contributed by atoms with van der Waals surface area (Å²) in [5.41, 5.74) is 2.89. The van der Waals surface area contributed by atoms with Gasteiger partial charge in [-0.05, 0) is 12.1 Å². The van der Waals surface area contributed by atoms with E-state index in [4.69, 9.17) is 0 Å². The van der Waals surface area contributed by atoms with Crippen molar-refractivity contribution < 1.29 is 13.2 Å². The standard InChI is InChI=1S/C13H9F3N2/c14-9-6-12(15)11(13(16)7-9)8-17-18-10-4-2-1-3-5-10/h1-8,18H. The number of hydrogen-bond donors (Lipinski definition) is 1. The number of nitrogens with one attached hydrogen (secondary N) is 1. The van der Waals surface area contributed by atoms with Crippen LogP contribution in [0.4, 0.5) is 18.9 Å². The molecule has 2 aromatic carbocycles. The normalized spacial score (nSPS) is 10.8. The molecule has 0 aliphatic carbocycles. The van der Waals surface area contributed by atoms with E-state index in [2.05, 4.69) is 10.5 Å². The smallest absolute Gasteiger partial charge is 0.137 e. The molecule has 5 heteroatoms.